The fourth-order valence-electron chi connectivity index (χ4n) is 2.24. The van der Waals surface area contributed by atoms with Crippen molar-refractivity contribution in [3.63, 3.8) is 0 Å². The molecule has 0 saturated carbocycles. The SMILES string of the molecule is C=CCC(=C)NC.CC(C)(F)COC1COC2=C(C=CCC2)C1. The first-order valence-electron chi connectivity index (χ1n) is 8.14. The first-order valence-corrected chi connectivity index (χ1v) is 8.14. The molecular formula is C19H30FNO2. The van der Waals surface area contributed by atoms with Gasteiger partial charge in [-0.2, -0.15) is 0 Å². The Morgan fingerprint density at radius 1 is 1.57 bits per heavy atom. The fraction of sp³-hybridized carbons (Fsp3) is 0.579. The monoisotopic (exact) mass is 323 g/mol. The molecule has 1 aliphatic heterocycles. The van der Waals surface area contributed by atoms with Gasteiger partial charge in [0.1, 0.15) is 12.3 Å². The van der Waals surface area contributed by atoms with Crippen molar-refractivity contribution in [2.24, 2.45) is 0 Å². The Morgan fingerprint density at radius 2 is 2.30 bits per heavy atom. The highest BCUT2D eigenvalue weighted by Gasteiger charge is 2.25. The molecule has 4 heteroatoms. The van der Waals surface area contributed by atoms with Gasteiger partial charge in [-0.1, -0.05) is 24.8 Å². The number of hydrogen-bond donors (Lipinski definition) is 1. The molecule has 0 aromatic rings. The van der Waals surface area contributed by atoms with Crippen LogP contribution in [0.2, 0.25) is 0 Å². The minimum Gasteiger partial charge on any atom is -0.495 e. The summed E-state index contributed by atoms with van der Waals surface area (Å²) < 4.78 is 24.5. The molecule has 130 valence electrons. The Labute approximate surface area is 139 Å². The third-order valence-corrected chi connectivity index (χ3v) is 3.51. The van der Waals surface area contributed by atoms with Gasteiger partial charge in [0.05, 0.1) is 18.5 Å². The lowest BCUT2D eigenvalue weighted by atomic mass is 9.97. The van der Waals surface area contributed by atoms with E-state index in [2.05, 4.69) is 30.6 Å². The van der Waals surface area contributed by atoms with Crippen LogP contribution >= 0.6 is 0 Å². The van der Waals surface area contributed by atoms with E-state index in [1.807, 2.05) is 13.1 Å². The van der Waals surface area contributed by atoms with Crippen LogP contribution in [0.5, 0.6) is 0 Å². The molecule has 0 aromatic carbocycles. The van der Waals surface area contributed by atoms with Crippen molar-refractivity contribution in [3.8, 4) is 0 Å². The van der Waals surface area contributed by atoms with E-state index in [0.29, 0.717) is 6.61 Å². The van der Waals surface area contributed by atoms with Crippen LogP contribution in [0.4, 0.5) is 4.39 Å². The van der Waals surface area contributed by atoms with E-state index in [1.165, 1.54) is 19.4 Å². The maximum atomic E-state index is 13.3. The van der Waals surface area contributed by atoms with Gasteiger partial charge in [-0.25, -0.2) is 4.39 Å². The summed E-state index contributed by atoms with van der Waals surface area (Å²) in [5, 5.41) is 2.90. The molecule has 1 atom stereocenters. The molecule has 0 aromatic heterocycles. The van der Waals surface area contributed by atoms with Gasteiger partial charge in [0.15, 0.2) is 0 Å². The Balaban J connectivity index is 0.000000322. The number of allylic oxidation sites excluding steroid dienone is 4. The summed E-state index contributed by atoms with van der Waals surface area (Å²) in [5.74, 6) is 1.10. The second kappa shape index (κ2) is 9.56. The number of ether oxygens (including phenoxy) is 2. The van der Waals surface area contributed by atoms with E-state index >= 15 is 0 Å². The topological polar surface area (TPSA) is 30.5 Å². The van der Waals surface area contributed by atoms with Crippen LogP contribution in [-0.2, 0) is 9.47 Å². The summed E-state index contributed by atoms with van der Waals surface area (Å²) in [6.07, 6.45) is 9.83. The predicted octanol–water partition coefficient (Wildman–Crippen LogP) is 4.44. The van der Waals surface area contributed by atoms with E-state index in [0.717, 1.165) is 37.1 Å². The number of halogens is 1. The van der Waals surface area contributed by atoms with E-state index in [-0.39, 0.29) is 12.7 Å². The molecule has 3 nitrogen and oxygen atoms in total. The third-order valence-electron chi connectivity index (χ3n) is 3.51. The predicted molar refractivity (Wildman–Crippen MR) is 93.9 cm³/mol. The molecule has 1 heterocycles. The average molecular weight is 323 g/mol. The molecule has 2 aliphatic rings. The van der Waals surface area contributed by atoms with Crippen molar-refractivity contribution in [3.05, 3.63) is 48.4 Å². The molecule has 23 heavy (non-hydrogen) atoms. The van der Waals surface area contributed by atoms with E-state index in [1.54, 1.807) is 0 Å². The van der Waals surface area contributed by atoms with Crippen LogP contribution in [0.15, 0.2) is 48.4 Å². The molecule has 1 unspecified atom stereocenters. The normalized spacial score (nSPS) is 19.9. The maximum absolute atomic E-state index is 13.3. The van der Waals surface area contributed by atoms with Crippen LogP contribution in [0.3, 0.4) is 0 Å². The van der Waals surface area contributed by atoms with Crippen LogP contribution in [0.25, 0.3) is 0 Å². The van der Waals surface area contributed by atoms with Gasteiger partial charge in [0, 0.05) is 32.0 Å². The summed E-state index contributed by atoms with van der Waals surface area (Å²) in [4.78, 5) is 0. The summed E-state index contributed by atoms with van der Waals surface area (Å²) in [5.41, 5.74) is 0.964. The molecule has 0 saturated heterocycles. The molecule has 0 radical (unpaired) electrons. The largest absolute Gasteiger partial charge is 0.495 e. The highest BCUT2D eigenvalue weighted by molar-refractivity contribution is 5.28. The molecular weight excluding hydrogens is 293 g/mol. The van der Waals surface area contributed by atoms with Gasteiger partial charge in [-0.15, -0.1) is 6.58 Å². The summed E-state index contributed by atoms with van der Waals surface area (Å²) >= 11 is 0. The molecule has 1 aliphatic carbocycles. The van der Waals surface area contributed by atoms with E-state index < -0.39 is 5.67 Å². The average Bonchev–Trinajstić information content (AvgIpc) is 2.53. The molecule has 1 N–H and O–H groups in total. The Kier molecular flexibility index (Phi) is 8.10. The van der Waals surface area contributed by atoms with Crippen LogP contribution in [0, 0.1) is 0 Å². The van der Waals surface area contributed by atoms with Crippen molar-refractivity contribution in [2.45, 2.75) is 51.3 Å². The lowest BCUT2D eigenvalue weighted by molar-refractivity contribution is -0.0494. The zero-order chi connectivity index (χ0) is 17.3. The van der Waals surface area contributed by atoms with Crippen molar-refractivity contribution in [1.82, 2.24) is 5.32 Å². The Bertz CT molecular complexity index is 460. The zero-order valence-corrected chi connectivity index (χ0v) is 14.7. The summed E-state index contributed by atoms with van der Waals surface area (Å²) in [6, 6.07) is 0. The van der Waals surface area contributed by atoms with E-state index in [9.17, 15) is 4.39 Å². The van der Waals surface area contributed by atoms with Crippen LogP contribution in [0.1, 0.15) is 39.5 Å². The van der Waals surface area contributed by atoms with Gasteiger partial charge in [0.25, 0.3) is 0 Å². The van der Waals surface area contributed by atoms with Crippen LogP contribution < -0.4 is 5.32 Å². The van der Waals surface area contributed by atoms with Crippen molar-refractivity contribution < 1.29 is 13.9 Å². The zero-order valence-electron chi connectivity index (χ0n) is 14.7. The minimum atomic E-state index is -1.27. The second-order valence-corrected chi connectivity index (χ2v) is 6.40. The first kappa shape index (κ1) is 19.5. The van der Waals surface area contributed by atoms with Crippen molar-refractivity contribution in [2.75, 3.05) is 20.3 Å². The second-order valence-electron chi connectivity index (χ2n) is 6.40. The number of hydrogen-bond acceptors (Lipinski definition) is 3. The minimum absolute atomic E-state index is 0.00322. The van der Waals surface area contributed by atoms with Gasteiger partial charge in [-0.05, 0) is 25.8 Å². The summed E-state index contributed by atoms with van der Waals surface area (Å²) in [6.45, 7) is 11.0. The number of rotatable bonds is 6. The smallest absolute Gasteiger partial charge is 0.128 e. The maximum Gasteiger partial charge on any atom is 0.128 e. The van der Waals surface area contributed by atoms with E-state index in [4.69, 9.17) is 9.47 Å². The van der Waals surface area contributed by atoms with Gasteiger partial charge in [0.2, 0.25) is 0 Å². The van der Waals surface area contributed by atoms with Gasteiger partial charge >= 0.3 is 0 Å². The highest BCUT2D eigenvalue weighted by atomic mass is 19.1. The third kappa shape index (κ3) is 8.03. The fourth-order valence-corrected chi connectivity index (χ4v) is 2.24. The van der Waals surface area contributed by atoms with Gasteiger partial charge in [-0.3, -0.25) is 0 Å². The number of alkyl halides is 1. The van der Waals surface area contributed by atoms with Crippen molar-refractivity contribution in [1.29, 1.82) is 0 Å². The quantitative estimate of drug-likeness (QED) is 0.733. The molecule has 2 rings (SSSR count). The lowest BCUT2D eigenvalue weighted by Crippen LogP contribution is -2.31. The Morgan fingerprint density at radius 3 is 2.87 bits per heavy atom. The summed E-state index contributed by atoms with van der Waals surface area (Å²) in [7, 11) is 1.85. The van der Waals surface area contributed by atoms with Crippen LogP contribution in [-0.4, -0.2) is 32.0 Å². The van der Waals surface area contributed by atoms with Crippen molar-refractivity contribution >= 4 is 0 Å². The number of nitrogens with one attached hydrogen (secondary N) is 1. The lowest BCUT2D eigenvalue weighted by Gasteiger charge is -2.29. The first-order chi connectivity index (χ1) is 10.9. The standard InChI is InChI=1S/C13H19FO2.C6H11N/c1-13(2,14)9-16-11-7-10-5-3-4-6-12(10)15-8-11;1-4-5-6(2)7-3/h3,5,11H,4,6-9H2,1-2H3;4,7H,1-2,5H2,3H3. The Hall–Kier alpha value is -1.55. The molecule has 0 amide bonds. The van der Waals surface area contributed by atoms with Gasteiger partial charge < -0.3 is 14.8 Å². The highest BCUT2D eigenvalue weighted by Crippen LogP contribution is 2.29. The molecule has 0 bridgehead atoms. The molecule has 0 spiro atoms. The molecule has 0 fully saturated rings.